The average Bonchev–Trinajstić information content (AvgIpc) is 2.57. The van der Waals surface area contributed by atoms with Gasteiger partial charge in [-0.05, 0) is 50.2 Å². The number of benzene rings is 1. The van der Waals surface area contributed by atoms with Crippen LogP contribution in [-0.4, -0.2) is 57.8 Å². The second-order valence-corrected chi connectivity index (χ2v) is 5.99. The highest BCUT2D eigenvalue weighted by Gasteiger charge is 2.41. The van der Waals surface area contributed by atoms with Gasteiger partial charge in [0.2, 0.25) is 5.91 Å². The maximum atomic E-state index is 12.8. The molecule has 0 aromatic heterocycles. The lowest BCUT2D eigenvalue weighted by molar-refractivity contribution is -0.146. The average molecular weight is 361 g/mol. The van der Waals surface area contributed by atoms with E-state index in [9.17, 15) is 9.18 Å². The van der Waals surface area contributed by atoms with Crippen LogP contribution in [-0.2, 0) is 9.53 Å². The topological polar surface area (TPSA) is 50.8 Å². The van der Waals surface area contributed by atoms with Gasteiger partial charge in [-0.25, -0.2) is 4.39 Å². The van der Waals surface area contributed by atoms with Crippen molar-refractivity contribution in [3.8, 4) is 5.75 Å². The van der Waals surface area contributed by atoms with Gasteiger partial charge in [0, 0.05) is 14.2 Å². The van der Waals surface area contributed by atoms with E-state index in [-0.39, 0.29) is 24.1 Å². The minimum atomic E-state index is -0.440. The number of halogens is 2. The molecule has 0 atom stereocenters. The Labute approximate surface area is 148 Å². The smallest absolute Gasteiger partial charge is 0.231 e. The number of piperidine rings is 1. The summed E-state index contributed by atoms with van der Waals surface area (Å²) < 4.78 is 23.7. The highest BCUT2D eigenvalue weighted by molar-refractivity contribution is 5.85. The number of ether oxygens (including phenoxy) is 2. The summed E-state index contributed by atoms with van der Waals surface area (Å²) in [5.41, 5.74) is -0.440. The summed E-state index contributed by atoms with van der Waals surface area (Å²) in [6, 6.07) is 5.87. The predicted molar refractivity (Wildman–Crippen MR) is 93.2 cm³/mol. The molecule has 2 rings (SSSR count). The highest BCUT2D eigenvalue weighted by Crippen LogP contribution is 2.31. The molecule has 5 nitrogen and oxygen atoms in total. The molecule has 0 aliphatic carbocycles. The van der Waals surface area contributed by atoms with Crippen molar-refractivity contribution in [1.82, 2.24) is 10.2 Å². The van der Waals surface area contributed by atoms with Crippen LogP contribution in [0.2, 0.25) is 0 Å². The number of nitrogens with one attached hydrogen (secondary N) is 1. The van der Waals surface area contributed by atoms with Crippen LogP contribution in [0.25, 0.3) is 0 Å². The van der Waals surface area contributed by atoms with Crippen molar-refractivity contribution in [2.45, 2.75) is 12.8 Å². The lowest BCUT2D eigenvalue weighted by Crippen LogP contribution is -2.51. The molecular weight excluding hydrogens is 335 g/mol. The fourth-order valence-electron chi connectivity index (χ4n) is 2.94. The van der Waals surface area contributed by atoms with E-state index < -0.39 is 5.41 Å². The molecule has 1 fully saturated rings. The van der Waals surface area contributed by atoms with Crippen LogP contribution < -0.4 is 10.1 Å². The lowest BCUT2D eigenvalue weighted by atomic mass is 9.78. The molecule has 1 aliphatic heterocycles. The molecule has 0 radical (unpaired) electrons. The Kier molecular flexibility index (Phi) is 8.45. The number of hydrogen-bond acceptors (Lipinski definition) is 4. The van der Waals surface area contributed by atoms with E-state index in [1.54, 1.807) is 31.2 Å². The zero-order valence-corrected chi connectivity index (χ0v) is 15.0. The molecule has 24 heavy (non-hydrogen) atoms. The largest absolute Gasteiger partial charge is 0.492 e. The zero-order chi connectivity index (χ0) is 16.7. The Balaban J connectivity index is 0.00000288. The standard InChI is InChI=1S/C17H25FN2O3.ClH/c1-20(11-12-23-15-5-3-14(18)4-6-15)16(21)17(13-22-2)7-9-19-10-8-17;/h3-6,19H,7-13H2,1-2H3;1H. The number of likely N-dealkylation sites (N-methyl/N-ethyl adjacent to an activating group) is 1. The van der Waals surface area contributed by atoms with E-state index in [0.29, 0.717) is 25.5 Å². The van der Waals surface area contributed by atoms with Crippen molar-refractivity contribution < 1.29 is 18.7 Å². The van der Waals surface area contributed by atoms with Crippen LogP contribution in [0, 0.1) is 11.2 Å². The number of amides is 1. The first-order valence-electron chi connectivity index (χ1n) is 7.91. The van der Waals surface area contributed by atoms with Gasteiger partial charge in [0.15, 0.2) is 0 Å². The zero-order valence-electron chi connectivity index (χ0n) is 14.2. The molecule has 1 aliphatic rings. The Morgan fingerprint density at radius 3 is 2.50 bits per heavy atom. The van der Waals surface area contributed by atoms with Crippen LogP contribution in [0.5, 0.6) is 5.75 Å². The number of methoxy groups -OCH3 is 1. The Bertz CT molecular complexity index is 502. The summed E-state index contributed by atoms with van der Waals surface area (Å²) >= 11 is 0. The van der Waals surface area contributed by atoms with E-state index in [1.165, 1.54) is 12.1 Å². The van der Waals surface area contributed by atoms with Gasteiger partial charge in [0.1, 0.15) is 18.2 Å². The monoisotopic (exact) mass is 360 g/mol. The van der Waals surface area contributed by atoms with Gasteiger partial charge in [0.05, 0.1) is 18.6 Å². The fraction of sp³-hybridized carbons (Fsp3) is 0.588. The minimum Gasteiger partial charge on any atom is -0.492 e. The highest BCUT2D eigenvalue weighted by atomic mass is 35.5. The van der Waals surface area contributed by atoms with E-state index in [1.807, 2.05) is 0 Å². The number of carbonyl (C=O) groups is 1. The molecule has 0 unspecified atom stereocenters. The molecule has 0 spiro atoms. The SMILES string of the molecule is COCC1(C(=O)N(C)CCOc2ccc(F)cc2)CCNCC1.Cl. The third-order valence-corrected chi connectivity index (χ3v) is 4.29. The maximum absolute atomic E-state index is 12.8. The van der Waals surface area contributed by atoms with Gasteiger partial charge >= 0.3 is 0 Å². The van der Waals surface area contributed by atoms with E-state index in [2.05, 4.69) is 5.32 Å². The van der Waals surface area contributed by atoms with Crippen molar-refractivity contribution >= 4 is 18.3 Å². The fourth-order valence-corrected chi connectivity index (χ4v) is 2.94. The van der Waals surface area contributed by atoms with Crippen molar-refractivity contribution in [3.05, 3.63) is 30.1 Å². The van der Waals surface area contributed by atoms with Gasteiger partial charge in [-0.1, -0.05) is 0 Å². The Morgan fingerprint density at radius 2 is 1.92 bits per heavy atom. The van der Waals surface area contributed by atoms with Crippen LogP contribution in [0.3, 0.4) is 0 Å². The first-order chi connectivity index (χ1) is 11.1. The molecule has 1 N–H and O–H groups in total. The summed E-state index contributed by atoms with van der Waals surface area (Å²) in [7, 11) is 3.42. The first kappa shape index (κ1) is 20.7. The second kappa shape index (κ2) is 9.81. The van der Waals surface area contributed by atoms with Crippen molar-refractivity contribution in [1.29, 1.82) is 0 Å². The van der Waals surface area contributed by atoms with Crippen LogP contribution in [0.4, 0.5) is 4.39 Å². The van der Waals surface area contributed by atoms with E-state index in [0.717, 1.165) is 25.9 Å². The third kappa shape index (κ3) is 5.33. The molecule has 7 heteroatoms. The van der Waals surface area contributed by atoms with Crippen molar-refractivity contribution in [2.24, 2.45) is 5.41 Å². The molecule has 0 saturated carbocycles. The van der Waals surface area contributed by atoms with Gasteiger partial charge < -0.3 is 19.7 Å². The lowest BCUT2D eigenvalue weighted by Gasteiger charge is -2.38. The van der Waals surface area contributed by atoms with Crippen LogP contribution in [0.1, 0.15) is 12.8 Å². The van der Waals surface area contributed by atoms with Gasteiger partial charge in [-0.15, -0.1) is 12.4 Å². The number of rotatable bonds is 7. The molecule has 1 amide bonds. The minimum absolute atomic E-state index is 0. The summed E-state index contributed by atoms with van der Waals surface area (Å²) in [6.07, 6.45) is 1.56. The summed E-state index contributed by atoms with van der Waals surface area (Å²) in [4.78, 5) is 14.5. The van der Waals surface area contributed by atoms with Crippen molar-refractivity contribution in [3.63, 3.8) is 0 Å². The molecule has 1 aromatic rings. The summed E-state index contributed by atoms with van der Waals surface area (Å²) in [5, 5.41) is 3.28. The Morgan fingerprint density at radius 1 is 1.29 bits per heavy atom. The summed E-state index contributed by atoms with van der Waals surface area (Å²) in [5.74, 6) is 0.404. The molecular formula is C17H26ClFN2O3. The first-order valence-corrected chi connectivity index (χ1v) is 7.91. The third-order valence-electron chi connectivity index (χ3n) is 4.29. The molecule has 136 valence electrons. The maximum Gasteiger partial charge on any atom is 0.231 e. The van der Waals surface area contributed by atoms with Crippen LogP contribution in [0.15, 0.2) is 24.3 Å². The quantitative estimate of drug-likeness (QED) is 0.809. The number of carbonyl (C=O) groups excluding carboxylic acids is 1. The number of hydrogen-bond donors (Lipinski definition) is 1. The molecule has 1 aromatic carbocycles. The predicted octanol–water partition coefficient (Wildman–Crippen LogP) is 2.10. The molecule has 1 heterocycles. The van der Waals surface area contributed by atoms with E-state index >= 15 is 0 Å². The number of nitrogens with zero attached hydrogens (tertiary/aromatic N) is 1. The van der Waals surface area contributed by atoms with Crippen LogP contribution >= 0.6 is 12.4 Å². The van der Waals surface area contributed by atoms with E-state index in [4.69, 9.17) is 9.47 Å². The molecule has 0 bridgehead atoms. The van der Waals surface area contributed by atoms with Crippen molar-refractivity contribution in [2.75, 3.05) is 47.0 Å². The molecule has 1 saturated heterocycles. The second-order valence-electron chi connectivity index (χ2n) is 5.99. The summed E-state index contributed by atoms with van der Waals surface area (Å²) in [6.45, 7) is 2.95. The van der Waals surface area contributed by atoms with Gasteiger partial charge in [0.25, 0.3) is 0 Å². The van der Waals surface area contributed by atoms with Gasteiger partial charge in [-0.3, -0.25) is 4.79 Å². The Hall–Kier alpha value is -1.37. The normalized spacial score (nSPS) is 16.1. The van der Waals surface area contributed by atoms with Gasteiger partial charge in [-0.2, -0.15) is 0 Å².